The second-order valence-electron chi connectivity index (χ2n) is 13.6. The Hall–Kier alpha value is -1.54. The molecule has 2 rings (SSSR count). The molecule has 46 heavy (non-hydrogen) atoms. The molecule has 0 spiro atoms. The molecule has 0 aromatic heterocycles. The molecule has 0 unspecified atom stereocenters. The molecule has 0 bridgehead atoms. The Bertz CT molecular complexity index is 894. The fourth-order valence-electron chi connectivity index (χ4n) is 6.18. The van der Waals surface area contributed by atoms with Crippen LogP contribution in [0.4, 0.5) is 0 Å². The summed E-state index contributed by atoms with van der Waals surface area (Å²) in [5, 5.41) is 2.55. The minimum Gasteiger partial charge on any atom is -0.405 e. The number of ether oxygens (including phenoxy) is 4. The Kier molecular flexibility index (Phi) is 23.3. The van der Waals surface area contributed by atoms with E-state index >= 15 is 0 Å². The van der Waals surface area contributed by atoms with Crippen LogP contribution in [0.15, 0.2) is 60.7 Å². The van der Waals surface area contributed by atoms with Crippen molar-refractivity contribution in [2.45, 2.75) is 123 Å². The summed E-state index contributed by atoms with van der Waals surface area (Å²) < 4.78 is 29.8. The van der Waals surface area contributed by atoms with E-state index in [1.54, 1.807) is 0 Å². The van der Waals surface area contributed by atoms with Gasteiger partial charge in [-0.3, -0.25) is 0 Å². The molecule has 0 saturated heterocycles. The van der Waals surface area contributed by atoms with Gasteiger partial charge in [0.05, 0.1) is 52.9 Å². The van der Waals surface area contributed by atoms with Crippen molar-refractivity contribution >= 4 is 18.7 Å². The van der Waals surface area contributed by atoms with E-state index in [4.69, 9.17) is 23.4 Å². The highest BCUT2D eigenvalue weighted by atomic mass is 28.4. The lowest BCUT2D eigenvalue weighted by Crippen LogP contribution is -2.66. The van der Waals surface area contributed by atoms with Crippen molar-refractivity contribution in [3.8, 4) is 0 Å². The molecule has 0 aliphatic carbocycles. The normalized spacial score (nSPS) is 12.2. The number of benzene rings is 2. The number of rotatable bonds is 30. The first-order valence-corrected chi connectivity index (χ1v) is 20.5. The van der Waals surface area contributed by atoms with Crippen LogP contribution in [0, 0.1) is 0 Å². The molecule has 0 N–H and O–H groups in total. The molecule has 6 heteroatoms. The van der Waals surface area contributed by atoms with Crippen molar-refractivity contribution in [1.82, 2.24) is 0 Å². The van der Waals surface area contributed by atoms with Crippen molar-refractivity contribution < 1.29 is 23.4 Å². The maximum atomic E-state index is 6.86. The second kappa shape index (κ2) is 26.4. The predicted molar refractivity (Wildman–Crippen MR) is 197 cm³/mol. The molecular formula is C40H68O5Si. The van der Waals surface area contributed by atoms with Gasteiger partial charge in [0, 0.05) is 6.61 Å². The van der Waals surface area contributed by atoms with Crippen molar-refractivity contribution in [2.24, 2.45) is 0 Å². The van der Waals surface area contributed by atoms with E-state index in [0.717, 1.165) is 13.0 Å². The van der Waals surface area contributed by atoms with E-state index in [-0.39, 0.29) is 5.04 Å². The van der Waals surface area contributed by atoms with Gasteiger partial charge in [-0.1, -0.05) is 172 Å². The van der Waals surface area contributed by atoms with Crippen LogP contribution in [0.2, 0.25) is 5.04 Å². The summed E-state index contributed by atoms with van der Waals surface area (Å²) in [4.78, 5) is 0. The average Bonchev–Trinajstić information content (AvgIpc) is 3.06. The third kappa shape index (κ3) is 17.0. The van der Waals surface area contributed by atoms with Crippen molar-refractivity contribution in [3.63, 3.8) is 0 Å². The zero-order valence-corrected chi connectivity index (χ0v) is 31.1. The highest BCUT2D eigenvalue weighted by molar-refractivity contribution is 6.99. The number of hydrogen-bond donors (Lipinski definition) is 0. The molecule has 5 nitrogen and oxygen atoms in total. The van der Waals surface area contributed by atoms with Gasteiger partial charge in [-0.05, 0) is 21.8 Å². The second-order valence-corrected chi connectivity index (χ2v) is 17.9. The lowest BCUT2D eigenvalue weighted by Gasteiger charge is -2.43. The summed E-state index contributed by atoms with van der Waals surface area (Å²) in [5.74, 6) is 0. The number of hydrogen-bond acceptors (Lipinski definition) is 5. The van der Waals surface area contributed by atoms with Crippen LogP contribution in [0.5, 0.6) is 0 Å². The van der Waals surface area contributed by atoms with E-state index in [1.807, 2.05) is 0 Å². The Morgan fingerprint density at radius 1 is 0.413 bits per heavy atom. The smallest absolute Gasteiger partial charge is 0.261 e. The Balaban J connectivity index is 1.40. The first kappa shape index (κ1) is 40.6. The largest absolute Gasteiger partial charge is 0.405 e. The minimum absolute atomic E-state index is 0.0319. The van der Waals surface area contributed by atoms with E-state index < -0.39 is 8.32 Å². The fourth-order valence-corrected chi connectivity index (χ4v) is 10.7. The monoisotopic (exact) mass is 656 g/mol. The summed E-state index contributed by atoms with van der Waals surface area (Å²) in [6, 6.07) is 21.5. The van der Waals surface area contributed by atoms with Crippen LogP contribution in [0.1, 0.15) is 118 Å². The third-order valence-electron chi connectivity index (χ3n) is 8.72. The Labute approximate surface area is 284 Å². The minimum atomic E-state index is -2.51. The van der Waals surface area contributed by atoms with Crippen LogP contribution in [-0.2, 0) is 23.4 Å². The Morgan fingerprint density at radius 3 is 1.11 bits per heavy atom. The van der Waals surface area contributed by atoms with E-state index in [1.165, 1.54) is 93.8 Å². The molecule has 0 radical (unpaired) electrons. The first-order valence-electron chi connectivity index (χ1n) is 18.6. The summed E-state index contributed by atoms with van der Waals surface area (Å²) in [5.41, 5.74) is 0. The standard InChI is InChI=1S/C40H68O5Si/c1-5-6-7-8-9-10-11-12-13-14-15-16-17-24-29-41-30-31-42-32-33-43-34-35-44-36-37-45-46(40(2,3)4,38-25-20-18-21-26-38)39-27-22-19-23-28-39/h18-23,25-28H,5-17,24,29-37H2,1-4H3. The van der Waals surface area contributed by atoms with Crippen LogP contribution in [-0.4, -0.2) is 67.8 Å². The lowest BCUT2D eigenvalue weighted by atomic mass is 10.0. The first-order chi connectivity index (χ1) is 22.5. The zero-order chi connectivity index (χ0) is 33.0. The van der Waals surface area contributed by atoms with Gasteiger partial charge in [-0.2, -0.15) is 0 Å². The van der Waals surface area contributed by atoms with Gasteiger partial charge in [0.15, 0.2) is 0 Å². The van der Waals surface area contributed by atoms with Crippen LogP contribution in [0.25, 0.3) is 0 Å². The molecule has 2 aromatic carbocycles. The lowest BCUT2D eigenvalue weighted by molar-refractivity contribution is -0.00518. The van der Waals surface area contributed by atoms with Gasteiger partial charge in [-0.15, -0.1) is 0 Å². The summed E-state index contributed by atoms with van der Waals surface area (Å²) >= 11 is 0. The molecule has 2 aromatic rings. The molecule has 0 saturated carbocycles. The molecular weight excluding hydrogens is 589 g/mol. The van der Waals surface area contributed by atoms with Crippen molar-refractivity contribution in [1.29, 1.82) is 0 Å². The number of unbranched alkanes of at least 4 members (excludes halogenated alkanes) is 13. The summed E-state index contributed by atoms with van der Waals surface area (Å²) in [6.07, 6.45) is 19.3. The van der Waals surface area contributed by atoms with Gasteiger partial charge in [0.1, 0.15) is 0 Å². The molecule has 0 heterocycles. The average molecular weight is 657 g/mol. The van der Waals surface area contributed by atoms with Gasteiger partial charge < -0.3 is 23.4 Å². The summed E-state index contributed by atoms with van der Waals surface area (Å²) in [7, 11) is -2.51. The highest BCUT2D eigenvalue weighted by Gasteiger charge is 2.49. The maximum absolute atomic E-state index is 6.86. The molecule has 262 valence electrons. The predicted octanol–water partition coefficient (Wildman–Crippen LogP) is 9.11. The zero-order valence-electron chi connectivity index (χ0n) is 30.1. The highest BCUT2D eigenvalue weighted by Crippen LogP contribution is 2.36. The third-order valence-corrected chi connectivity index (χ3v) is 13.8. The summed E-state index contributed by atoms with van der Waals surface area (Å²) in [6.45, 7) is 14.6. The fraction of sp³-hybridized carbons (Fsp3) is 0.700. The van der Waals surface area contributed by atoms with Crippen LogP contribution < -0.4 is 10.4 Å². The van der Waals surface area contributed by atoms with Gasteiger partial charge >= 0.3 is 0 Å². The quantitative estimate of drug-likeness (QED) is 0.0620. The van der Waals surface area contributed by atoms with Crippen molar-refractivity contribution in [3.05, 3.63) is 60.7 Å². The van der Waals surface area contributed by atoms with Crippen LogP contribution in [0.3, 0.4) is 0 Å². The molecule has 0 atom stereocenters. The van der Waals surface area contributed by atoms with E-state index in [0.29, 0.717) is 52.9 Å². The van der Waals surface area contributed by atoms with Crippen molar-refractivity contribution in [2.75, 3.05) is 59.5 Å². The maximum Gasteiger partial charge on any atom is 0.261 e. The SMILES string of the molecule is CCCCCCCCCCCCCCCCOCCOCCOCCOCCO[Si](c1ccccc1)(c1ccccc1)C(C)(C)C. The molecule has 0 aliphatic rings. The molecule has 0 amide bonds. The molecule has 0 aliphatic heterocycles. The van der Waals surface area contributed by atoms with Crippen LogP contribution >= 0.6 is 0 Å². The van der Waals surface area contributed by atoms with Gasteiger partial charge in [-0.25, -0.2) is 0 Å². The molecule has 0 fully saturated rings. The Morgan fingerprint density at radius 2 is 0.739 bits per heavy atom. The van der Waals surface area contributed by atoms with Gasteiger partial charge in [0.2, 0.25) is 0 Å². The van der Waals surface area contributed by atoms with Gasteiger partial charge in [0.25, 0.3) is 8.32 Å². The van der Waals surface area contributed by atoms with E-state index in [9.17, 15) is 0 Å². The van der Waals surface area contributed by atoms with E-state index in [2.05, 4.69) is 88.4 Å². The topological polar surface area (TPSA) is 46.2 Å².